The molecule has 1 fully saturated rings. The largest absolute Gasteiger partial charge is 0.497 e. The smallest absolute Gasteiger partial charge is 0.387 e. The van der Waals surface area contributed by atoms with E-state index in [2.05, 4.69) is 32.2 Å². The fraction of sp³-hybridized carbons (Fsp3) is 0.400. The van der Waals surface area contributed by atoms with Crippen LogP contribution in [0.5, 0.6) is 11.5 Å². The minimum absolute atomic E-state index is 0.00272. The van der Waals surface area contributed by atoms with Crippen molar-refractivity contribution in [2.75, 3.05) is 33.3 Å². The number of halogens is 2. The van der Waals surface area contributed by atoms with Crippen molar-refractivity contribution >= 4 is 16.8 Å². The molecule has 1 aliphatic heterocycles. The Hall–Kier alpha value is -3.13. The van der Waals surface area contributed by atoms with Gasteiger partial charge in [-0.1, -0.05) is 12.1 Å². The second kappa shape index (κ2) is 10.7. The van der Waals surface area contributed by atoms with E-state index in [1.807, 2.05) is 12.1 Å². The predicted octanol–water partition coefficient (Wildman–Crippen LogP) is 4.32. The quantitative estimate of drug-likeness (QED) is 0.502. The van der Waals surface area contributed by atoms with Crippen molar-refractivity contribution in [2.45, 2.75) is 31.8 Å². The Labute approximate surface area is 191 Å². The number of hydrogen-bond donors (Lipinski definition) is 2. The van der Waals surface area contributed by atoms with E-state index in [0.29, 0.717) is 25.4 Å². The second-order valence-electron chi connectivity index (χ2n) is 8.33. The van der Waals surface area contributed by atoms with E-state index >= 15 is 0 Å². The number of nitrogens with zero attached hydrogens (tertiary/aromatic N) is 1. The van der Waals surface area contributed by atoms with Gasteiger partial charge < -0.3 is 19.8 Å². The van der Waals surface area contributed by atoms with Crippen LogP contribution in [0.25, 0.3) is 10.9 Å². The number of aromatic amines is 1. The van der Waals surface area contributed by atoms with Gasteiger partial charge in [0.15, 0.2) is 0 Å². The molecule has 1 saturated heterocycles. The zero-order valence-electron chi connectivity index (χ0n) is 18.7. The minimum Gasteiger partial charge on any atom is -0.497 e. The Morgan fingerprint density at radius 3 is 2.58 bits per heavy atom. The molecule has 3 aromatic rings. The fourth-order valence-electron chi connectivity index (χ4n) is 4.43. The lowest BCUT2D eigenvalue weighted by Crippen LogP contribution is -2.41. The topological polar surface area (TPSA) is 66.6 Å². The molecule has 0 saturated carbocycles. The van der Waals surface area contributed by atoms with E-state index in [4.69, 9.17) is 4.74 Å². The maximum Gasteiger partial charge on any atom is 0.387 e. The molecule has 0 radical (unpaired) electrons. The van der Waals surface area contributed by atoms with Gasteiger partial charge in [0.2, 0.25) is 5.91 Å². The first-order chi connectivity index (χ1) is 16.0. The molecule has 1 amide bonds. The van der Waals surface area contributed by atoms with Crippen molar-refractivity contribution in [3.05, 3.63) is 59.8 Å². The van der Waals surface area contributed by atoms with Crippen LogP contribution in [-0.2, 0) is 11.2 Å². The van der Waals surface area contributed by atoms with Crippen LogP contribution in [0.4, 0.5) is 8.78 Å². The van der Waals surface area contributed by atoms with Gasteiger partial charge in [0.1, 0.15) is 11.5 Å². The first-order valence-corrected chi connectivity index (χ1v) is 11.2. The van der Waals surface area contributed by atoms with E-state index in [1.54, 1.807) is 19.2 Å². The lowest BCUT2D eigenvalue weighted by molar-refractivity contribution is -0.122. The third-order valence-corrected chi connectivity index (χ3v) is 6.20. The third kappa shape index (κ3) is 6.01. The highest BCUT2D eigenvalue weighted by Crippen LogP contribution is 2.34. The number of carbonyl (C=O) groups is 1. The van der Waals surface area contributed by atoms with Gasteiger partial charge in [0.25, 0.3) is 0 Å². The molecule has 4 rings (SSSR count). The Bertz CT molecular complexity index is 1060. The molecule has 1 aliphatic rings. The highest BCUT2D eigenvalue weighted by molar-refractivity contribution is 5.85. The lowest BCUT2D eigenvalue weighted by atomic mass is 9.89. The number of alkyl halides is 2. The summed E-state index contributed by atoms with van der Waals surface area (Å²) in [6.07, 6.45) is 4.74. The zero-order valence-corrected chi connectivity index (χ0v) is 18.7. The standard InChI is InChI=1S/C25H29F2N3O3/c1-32-20-6-7-23-21(14-20)22(15-29-23)18-9-12-30(13-10-18)16-24(31)28-11-8-17-2-4-19(5-3-17)33-25(26)27/h2-7,14-15,18,25,29H,8-13,16H2,1H3,(H,28,31). The number of hydrogen-bond acceptors (Lipinski definition) is 4. The average molecular weight is 458 g/mol. The summed E-state index contributed by atoms with van der Waals surface area (Å²) in [5, 5.41) is 4.16. The molecule has 8 heteroatoms. The van der Waals surface area contributed by atoms with Gasteiger partial charge in [-0.3, -0.25) is 9.69 Å². The third-order valence-electron chi connectivity index (χ3n) is 6.20. The zero-order chi connectivity index (χ0) is 23.2. The number of rotatable bonds is 9. The van der Waals surface area contributed by atoms with Crippen LogP contribution in [0.2, 0.25) is 0 Å². The number of ether oxygens (including phenoxy) is 2. The second-order valence-corrected chi connectivity index (χ2v) is 8.33. The molecule has 0 bridgehead atoms. The molecule has 176 valence electrons. The molecule has 0 atom stereocenters. The average Bonchev–Trinajstić information content (AvgIpc) is 3.23. The monoisotopic (exact) mass is 457 g/mol. The van der Waals surface area contributed by atoms with E-state index in [1.165, 1.54) is 23.1 Å². The molecule has 2 heterocycles. The predicted molar refractivity (Wildman–Crippen MR) is 123 cm³/mol. The number of benzene rings is 2. The van der Waals surface area contributed by atoms with E-state index < -0.39 is 6.61 Å². The molecular weight excluding hydrogens is 428 g/mol. The number of H-pyrrole nitrogens is 1. The maximum atomic E-state index is 12.4. The maximum absolute atomic E-state index is 12.4. The molecule has 0 unspecified atom stereocenters. The molecule has 6 nitrogen and oxygen atoms in total. The van der Waals surface area contributed by atoms with Gasteiger partial charge in [-0.25, -0.2) is 0 Å². The Kier molecular flexibility index (Phi) is 7.44. The summed E-state index contributed by atoms with van der Waals surface area (Å²) < 4.78 is 34.1. The number of likely N-dealkylation sites (tertiary alicyclic amines) is 1. The number of aromatic nitrogens is 1. The van der Waals surface area contributed by atoms with Crippen LogP contribution in [-0.4, -0.2) is 55.7 Å². The van der Waals surface area contributed by atoms with Gasteiger partial charge >= 0.3 is 6.61 Å². The highest BCUT2D eigenvalue weighted by Gasteiger charge is 2.24. The number of carbonyl (C=O) groups excluding carboxylic acids is 1. The first-order valence-electron chi connectivity index (χ1n) is 11.2. The molecule has 0 spiro atoms. The molecule has 2 aromatic carbocycles. The molecule has 2 N–H and O–H groups in total. The number of nitrogens with one attached hydrogen (secondary N) is 2. The van der Waals surface area contributed by atoms with Crippen molar-refractivity contribution < 1.29 is 23.0 Å². The van der Waals surface area contributed by atoms with E-state index in [-0.39, 0.29) is 11.7 Å². The first kappa shape index (κ1) is 23.0. The Morgan fingerprint density at radius 1 is 1.15 bits per heavy atom. The molecule has 1 aromatic heterocycles. The van der Waals surface area contributed by atoms with E-state index in [9.17, 15) is 13.6 Å². The van der Waals surface area contributed by atoms with Crippen molar-refractivity contribution in [1.82, 2.24) is 15.2 Å². The fourth-order valence-corrected chi connectivity index (χ4v) is 4.43. The summed E-state index contributed by atoms with van der Waals surface area (Å²) >= 11 is 0. The van der Waals surface area contributed by atoms with Crippen molar-refractivity contribution in [2.24, 2.45) is 0 Å². The molecular formula is C25H29F2N3O3. The normalized spacial score (nSPS) is 15.2. The van der Waals surface area contributed by atoms with E-state index in [0.717, 1.165) is 42.8 Å². The van der Waals surface area contributed by atoms with Crippen molar-refractivity contribution in [3.63, 3.8) is 0 Å². The van der Waals surface area contributed by atoms with Gasteiger partial charge in [-0.2, -0.15) is 8.78 Å². The van der Waals surface area contributed by atoms with Crippen LogP contribution in [0.3, 0.4) is 0 Å². The van der Waals surface area contributed by atoms with Crippen LogP contribution in [0.1, 0.15) is 29.9 Å². The summed E-state index contributed by atoms with van der Waals surface area (Å²) in [4.78, 5) is 17.9. The lowest BCUT2D eigenvalue weighted by Gasteiger charge is -2.31. The van der Waals surface area contributed by atoms with Gasteiger partial charge in [-0.05, 0) is 79.7 Å². The Morgan fingerprint density at radius 2 is 1.88 bits per heavy atom. The summed E-state index contributed by atoms with van der Waals surface area (Å²) in [5.41, 5.74) is 3.38. The summed E-state index contributed by atoms with van der Waals surface area (Å²) in [7, 11) is 1.68. The number of fused-ring (bicyclic) bond motifs is 1. The molecule has 0 aliphatic carbocycles. The van der Waals surface area contributed by atoms with Crippen LogP contribution in [0.15, 0.2) is 48.7 Å². The van der Waals surface area contributed by atoms with Crippen LogP contribution in [0, 0.1) is 0 Å². The van der Waals surface area contributed by atoms with Gasteiger partial charge in [0, 0.05) is 23.6 Å². The summed E-state index contributed by atoms with van der Waals surface area (Å²) in [6.45, 7) is -0.191. The highest BCUT2D eigenvalue weighted by atomic mass is 19.3. The van der Waals surface area contributed by atoms with Gasteiger partial charge in [-0.15, -0.1) is 0 Å². The number of amides is 1. The van der Waals surface area contributed by atoms with Crippen molar-refractivity contribution in [3.8, 4) is 11.5 Å². The van der Waals surface area contributed by atoms with Gasteiger partial charge in [0.05, 0.1) is 13.7 Å². The van der Waals surface area contributed by atoms with Crippen LogP contribution >= 0.6 is 0 Å². The molecule has 33 heavy (non-hydrogen) atoms. The summed E-state index contributed by atoms with van der Waals surface area (Å²) in [6, 6.07) is 12.6. The number of piperidine rings is 1. The Balaban J connectivity index is 1.20. The minimum atomic E-state index is -2.83. The SMILES string of the molecule is COc1ccc2[nH]cc(C3CCN(CC(=O)NCCc4ccc(OC(F)F)cc4)CC3)c2c1. The summed E-state index contributed by atoms with van der Waals surface area (Å²) in [5.74, 6) is 1.45. The van der Waals surface area contributed by atoms with Crippen LogP contribution < -0.4 is 14.8 Å². The van der Waals surface area contributed by atoms with Crippen molar-refractivity contribution in [1.29, 1.82) is 0 Å². The number of methoxy groups -OCH3 is 1.